The minimum Gasteiger partial charge on any atom is -0.268 e. The Balaban J connectivity index is 2.15. The van der Waals surface area contributed by atoms with E-state index < -0.39 is 5.54 Å². The first-order chi connectivity index (χ1) is 8.89. The van der Waals surface area contributed by atoms with Crippen molar-refractivity contribution in [2.45, 2.75) is 32.7 Å². The fraction of sp³-hybridized carbons (Fsp3) is 0.333. The average Bonchev–Trinajstić information content (AvgIpc) is 3.18. The molecule has 0 aromatic heterocycles. The summed E-state index contributed by atoms with van der Waals surface area (Å²) in [5.41, 5.74) is 3.52. The molecule has 0 fully saturated rings. The number of nitrogens with zero attached hydrogens (tertiary/aromatic N) is 1. The van der Waals surface area contributed by atoms with Crippen LogP contribution in [-0.2, 0) is 4.79 Å². The number of hydrogen-bond acceptors (Lipinski definition) is 2. The van der Waals surface area contributed by atoms with E-state index in [0.717, 1.165) is 5.57 Å². The van der Waals surface area contributed by atoms with Crippen LogP contribution >= 0.6 is 0 Å². The van der Waals surface area contributed by atoms with Crippen LogP contribution < -0.4 is 5.43 Å². The van der Waals surface area contributed by atoms with Gasteiger partial charge in [0.2, 0.25) is 0 Å². The third-order valence-corrected chi connectivity index (χ3v) is 2.81. The van der Waals surface area contributed by atoms with Crippen molar-refractivity contribution in [3.05, 3.63) is 47.5 Å². The second kappa shape index (κ2) is 4.88. The minimum atomic E-state index is -0.467. The molecule has 19 heavy (non-hydrogen) atoms. The zero-order chi connectivity index (χ0) is 14.0. The number of nitrogens with one attached hydrogen (secondary N) is 1. The van der Waals surface area contributed by atoms with E-state index >= 15 is 0 Å². The third-order valence-electron chi connectivity index (χ3n) is 2.81. The maximum Gasteiger partial charge on any atom is 0.269 e. The SMILES string of the molecule is CC(C)(C)N(NC(=O)c1ccccc1)C(=O)C1=CC1. The minimum absolute atomic E-state index is 0.128. The lowest BCUT2D eigenvalue weighted by atomic mass is 10.1. The Bertz CT molecular complexity index is 527. The molecule has 2 amide bonds. The average molecular weight is 258 g/mol. The van der Waals surface area contributed by atoms with Gasteiger partial charge in [-0.15, -0.1) is 0 Å². The Morgan fingerprint density at radius 3 is 2.21 bits per heavy atom. The first-order valence-corrected chi connectivity index (χ1v) is 6.29. The molecule has 1 aromatic carbocycles. The Morgan fingerprint density at radius 2 is 1.74 bits per heavy atom. The van der Waals surface area contributed by atoms with Gasteiger partial charge in [0, 0.05) is 11.1 Å². The van der Waals surface area contributed by atoms with Crippen molar-refractivity contribution < 1.29 is 9.59 Å². The highest BCUT2D eigenvalue weighted by atomic mass is 16.2. The lowest BCUT2D eigenvalue weighted by Gasteiger charge is -2.35. The maximum atomic E-state index is 12.2. The molecule has 2 rings (SSSR count). The maximum absolute atomic E-state index is 12.2. The van der Waals surface area contributed by atoms with Gasteiger partial charge in [0.05, 0.1) is 5.54 Å². The number of hydrogen-bond donors (Lipinski definition) is 1. The van der Waals surface area contributed by atoms with Crippen LogP contribution in [0.2, 0.25) is 0 Å². The predicted molar refractivity (Wildman–Crippen MR) is 73.2 cm³/mol. The van der Waals surface area contributed by atoms with Gasteiger partial charge >= 0.3 is 0 Å². The molecule has 1 aliphatic carbocycles. The Labute approximate surface area is 113 Å². The molecule has 0 unspecified atom stereocenters. The standard InChI is InChI=1S/C15H18N2O2/c1-15(2,3)17(14(19)12-9-10-12)16-13(18)11-7-5-4-6-8-11/h4-9H,10H2,1-3H3,(H,16,18). The van der Waals surface area contributed by atoms with E-state index in [9.17, 15) is 9.59 Å². The number of rotatable bonds is 2. The van der Waals surface area contributed by atoms with E-state index in [1.807, 2.05) is 32.9 Å². The summed E-state index contributed by atoms with van der Waals surface area (Å²) in [5.74, 6) is -0.401. The van der Waals surface area contributed by atoms with Crippen molar-refractivity contribution >= 4 is 11.8 Å². The van der Waals surface area contributed by atoms with E-state index in [4.69, 9.17) is 0 Å². The second-order valence-electron chi connectivity index (χ2n) is 5.55. The fourth-order valence-corrected chi connectivity index (χ4v) is 1.65. The Kier molecular flexibility index (Phi) is 3.42. The molecule has 1 N–H and O–H groups in total. The number of allylic oxidation sites excluding steroid dienone is 1. The van der Waals surface area contributed by atoms with Crippen LogP contribution in [0.15, 0.2) is 42.0 Å². The van der Waals surface area contributed by atoms with Gasteiger partial charge in [-0.25, -0.2) is 5.01 Å². The number of carbonyl (C=O) groups is 2. The second-order valence-corrected chi connectivity index (χ2v) is 5.55. The highest BCUT2D eigenvalue weighted by Crippen LogP contribution is 2.24. The van der Waals surface area contributed by atoms with Gasteiger partial charge in [0.25, 0.3) is 11.8 Å². The summed E-state index contributed by atoms with van der Waals surface area (Å²) >= 11 is 0. The van der Waals surface area contributed by atoms with E-state index in [-0.39, 0.29) is 11.8 Å². The number of benzene rings is 1. The number of amides is 2. The lowest BCUT2D eigenvalue weighted by Crippen LogP contribution is -2.55. The molecule has 0 radical (unpaired) electrons. The van der Waals surface area contributed by atoms with Crippen molar-refractivity contribution in [2.75, 3.05) is 0 Å². The summed E-state index contributed by atoms with van der Waals surface area (Å²) in [6.07, 6.45) is 2.57. The van der Waals surface area contributed by atoms with Gasteiger partial charge in [-0.05, 0) is 39.3 Å². The van der Waals surface area contributed by atoms with Crippen LogP contribution in [0, 0.1) is 0 Å². The highest BCUT2D eigenvalue weighted by Gasteiger charge is 2.32. The normalized spacial score (nSPS) is 13.5. The summed E-state index contributed by atoms with van der Waals surface area (Å²) < 4.78 is 0. The highest BCUT2D eigenvalue weighted by molar-refractivity contribution is 6.01. The molecule has 100 valence electrons. The molecular formula is C15H18N2O2. The van der Waals surface area contributed by atoms with Crippen molar-refractivity contribution in [1.29, 1.82) is 0 Å². The molecule has 0 aliphatic heterocycles. The van der Waals surface area contributed by atoms with Gasteiger partial charge in [0.1, 0.15) is 0 Å². The molecule has 4 nitrogen and oxygen atoms in total. The zero-order valence-corrected chi connectivity index (χ0v) is 11.4. The number of carbonyl (C=O) groups excluding carboxylic acids is 2. The molecule has 0 saturated heterocycles. The van der Waals surface area contributed by atoms with Gasteiger partial charge in [-0.2, -0.15) is 0 Å². The van der Waals surface area contributed by atoms with Crippen LogP contribution in [0.1, 0.15) is 37.6 Å². The van der Waals surface area contributed by atoms with Crippen LogP contribution in [0.3, 0.4) is 0 Å². The lowest BCUT2D eigenvalue weighted by molar-refractivity contribution is -0.134. The van der Waals surface area contributed by atoms with Gasteiger partial charge in [-0.1, -0.05) is 24.3 Å². The van der Waals surface area contributed by atoms with Crippen LogP contribution in [0.5, 0.6) is 0 Å². The molecule has 0 saturated carbocycles. The van der Waals surface area contributed by atoms with Crippen molar-refractivity contribution in [1.82, 2.24) is 10.4 Å². The Hall–Kier alpha value is -2.10. The zero-order valence-electron chi connectivity index (χ0n) is 11.4. The summed E-state index contributed by atoms with van der Waals surface area (Å²) in [6.45, 7) is 5.66. The van der Waals surface area contributed by atoms with Gasteiger partial charge in [0.15, 0.2) is 0 Å². The fourth-order valence-electron chi connectivity index (χ4n) is 1.65. The number of hydrazine groups is 1. The third kappa shape index (κ3) is 3.22. The molecule has 0 atom stereocenters. The largest absolute Gasteiger partial charge is 0.269 e. The van der Waals surface area contributed by atoms with Gasteiger partial charge < -0.3 is 0 Å². The van der Waals surface area contributed by atoms with E-state index in [1.165, 1.54) is 5.01 Å². The van der Waals surface area contributed by atoms with E-state index in [2.05, 4.69) is 5.43 Å². The quantitative estimate of drug-likeness (QED) is 0.827. The van der Waals surface area contributed by atoms with Crippen molar-refractivity contribution in [2.24, 2.45) is 0 Å². The first-order valence-electron chi connectivity index (χ1n) is 6.29. The van der Waals surface area contributed by atoms with Crippen molar-refractivity contribution in [3.8, 4) is 0 Å². The molecule has 1 aromatic rings. The van der Waals surface area contributed by atoms with E-state index in [0.29, 0.717) is 12.0 Å². The summed E-state index contributed by atoms with van der Waals surface area (Å²) in [7, 11) is 0. The molecule has 0 heterocycles. The predicted octanol–water partition coefficient (Wildman–Crippen LogP) is 2.29. The topological polar surface area (TPSA) is 49.4 Å². The smallest absolute Gasteiger partial charge is 0.268 e. The van der Waals surface area contributed by atoms with Gasteiger partial charge in [-0.3, -0.25) is 15.0 Å². The Morgan fingerprint density at radius 1 is 1.16 bits per heavy atom. The molecule has 0 spiro atoms. The molecular weight excluding hydrogens is 240 g/mol. The monoisotopic (exact) mass is 258 g/mol. The molecule has 1 aliphatic rings. The van der Waals surface area contributed by atoms with Crippen LogP contribution in [0.4, 0.5) is 0 Å². The summed E-state index contributed by atoms with van der Waals surface area (Å²) in [6, 6.07) is 8.87. The summed E-state index contributed by atoms with van der Waals surface area (Å²) in [5, 5.41) is 1.40. The van der Waals surface area contributed by atoms with Crippen LogP contribution in [-0.4, -0.2) is 22.4 Å². The summed E-state index contributed by atoms with van der Waals surface area (Å²) in [4.78, 5) is 24.3. The molecule has 0 bridgehead atoms. The first kappa shape index (κ1) is 13.3. The molecule has 4 heteroatoms. The van der Waals surface area contributed by atoms with Crippen molar-refractivity contribution in [3.63, 3.8) is 0 Å². The van der Waals surface area contributed by atoms with Crippen LogP contribution in [0.25, 0.3) is 0 Å². The van der Waals surface area contributed by atoms with E-state index in [1.54, 1.807) is 24.3 Å².